The van der Waals surface area contributed by atoms with Crippen molar-refractivity contribution in [2.45, 2.75) is 19.4 Å². The van der Waals surface area contributed by atoms with Crippen molar-refractivity contribution in [3.8, 4) is 0 Å². The molecule has 1 fully saturated rings. The predicted octanol–water partition coefficient (Wildman–Crippen LogP) is 0.571. The molecule has 2 heterocycles. The van der Waals surface area contributed by atoms with Crippen LogP contribution in [-0.4, -0.2) is 34.7 Å². The van der Waals surface area contributed by atoms with Crippen LogP contribution in [0.15, 0.2) is 18.3 Å². The van der Waals surface area contributed by atoms with Gasteiger partial charge in [0, 0.05) is 31.5 Å². The van der Waals surface area contributed by atoms with Crippen LogP contribution in [0.5, 0.6) is 0 Å². The van der Waals surface area contributed by atoms with E-state index in [1.54, 1.807) is 6.20 Å². The van der Waals surface area contributed by atoms with E-state index in [1.165, 1.54) is 6.42 Å². The average Bonchev–Trinajstić information content (AvgIpc) is 2.78. The van der Waals surface area contributed by atoms with Gasteiger partial charge in [0.1, 0.15) is 5.82 Å². The molecule has 1 aromatic heterocycles. The second-order valence-electron chi connectivity index (χ2n) is 4.56. The van der Waals surface area contributed by atoms with E-state index in [9.17, 15) is 0 Å². The van der Waals surface area contributed by atoms with Crippen molar-refractivity contribution < 1.29 is 5.11 Å². The molecule has 0 saturated carbocycles. The summed E-state index contributed by atoms with van der Waals surface area (Å²) in [6.45, 7) is 3.30. The number of anilines is 1. The van der Waals surface area contributed by atoms with E-state index in [0.29, 0.717) is 12.5 Å². The smallest absolute Gasteiger partial charge is 0.144 e. The maximum atomic E-state index is 8.93. The lowest BCUT2D eigenvalue weighted by atomic mass is 10.1. The third-order valence-electron chi connectivity index (χ3n) is 3.33. The number of likely N-dealkylation sites (tertiary alicyclic amines) is 1. The van der Waals surface area contributed by atoms with E-state index < -0.39 is 0 Å². The Hall–Kier alpha value is -1.17. The Bertz CT molecular complexity index is 358. The molecule has 94 valence electrons. The van der Waals surface area contributed by atoms with Gasteiger partial charge in [0.15, 0.2) is 0 Å². The molecule has 1 atom stereocenters. The number of hydrogen-bond donors (Lipinski definition) is 3. The molecule has 5 nitrogen and oxygen atoms in total. The van der Waals surface area contributed by atoms with E-state index in [4.69, 9.17) is 10.9 Å². The number of nitrogens with one attached hydrogen (secondary N) is 1. The fourth-order valence-corrected chi connectivity index (χ4v) is 2.41. The first-order valence-corrected chi connectivity index (χ1v) is 6.07. The van der Waals surface area contributed by atoms with Gasteiger partial charge in [-0.3, -0.25) is 4.90 Å². The molecule has 0 radical (unpaired) electrons. The molecule has 4 N–H and O–H groups in total. The highest BCUT2D eigenvalue weighted by Gasteiger charge is 2.22. The molecule has 0 amide bonds. The Labute approximate surface area is 102 Å². The summed E-state index contributed by atoms with van der Waals surface area (Å²) in [6.07, 6.45) is 3.81. The highest BCUT2D eigenvalue weighted by molar-refractivity contribution is 5.42. The summed E-state index contributed by atoms with van der Waals surface area (Å²) in [5.74, 6) is 6.81. The lowest BCUT2D eigenvalue weighted by Gasteiger charge is -2.17. The second kappa shape index (κ2) is 5.95. The molecule has 0 aliphatic carbocycles. The zero-order valence-corrected chi connectivity index (χ0v) is 9.97. The lowest BCUT2D eigenvalue weighted by molar-refractivity contribution is 0.249. The molecule has 0 aromatic carbocycles. The minimum Gasteiger partial charge on any atom is -0.396 e. The van der Waals surface area contributed by atoms with E-state index in [1.807, 2.05) is 12.1 Å². The predicted molar refractivity (Wildman–Crippen MR) is 67.1 cm³/mol. The Morgan fingerprint density at radius 2 is 2.47 bits per heavy atom. The second-order valence-corrected chi connectivity index (χ2v) is 4.56. The number of aliphatic hydroxyl groups is 1. The minimum absolute atomic E-state index is 0.293. The molecule has 0 bridgehead atoms. The van der Waals surface area contributed by atoms with Gasteiger partial charge in [-0.15, -0.1) is 0 Å². The number of nitrogens with two attached hydrogens (primary N) is 1. The molecular weight excluding hydrogens is 216 g/mol. The zero-order valence-electron chi connectivity index (χ0n) is 9.97. The summed E-state index contributed by atoms with van der Waals surface area (Å²) in [5, 5.41) is 8.93. The molecule has 1 unspecified atom stereocenters. The normalized spacial score (nSPS) is 20.7. The van der Waals surface area contributed by atoms with E-state index in [-0.39, 0.29) is 0 Å². The molecule has 1 aliphatic heterocycles. The van der Waals surface area contributed by atoms with Crippen molar-refractivity contribution in [1.82, 2.24) is 9.88 Å². The molecule has 1 aliphatic rings. The summed E-state index contributed by atoms with van der Waals surface area (Å²) in [5.41, 5.74) is 3.75. The van der Waals surface area contributed by atoms with Crippen molar-refractivity contribution in [2.75, 3.05) is 25.1 Å². The number of aliphatic hydroxyl groups excluding tert-OH is 1. The summed E-state index contributed by atoms with van der Waals surface area (Å²) in [7, 11) is 0. The summed E-state index contributed by atoms with van der Waals surface area (Å²) in [6, 6.07) is 3.97. The van der Waals surface area contributed by atoms with Crippen molar-refractivity contribution in [2.24, 2.45) is 11.8 Å². The van der Waals surface area contributed by atoms with Crippen LogP contribution >= 0.6 is 0 Å². The first-order chi connectivity index (χ1) is 8.33. The molecule has 5 heteroatoms. The maximum Gasteiger partial charge on any atom is 0.144 e. The number of rotatable bonds is 5. The summed E-state index contributed by atoms with van der Waals surface area (Å²) >= 11 is 0. The van der Waals surface area contributed by atoms with Crippen LogP contribution in [0.25, 0.3) is 0 Å². The van der Waals surface area contributed by atoms with Gasteiger partial charge < -0.3 is 10.5 Å². The number of aromatic nitrogens is 1. The van der Waals surface area contributed by atoms with Gasteiger partial charge in [-0.2, -0.15) is 0 Å². The van der Waals surface area contributed by atoms with E-state index in [2.05, 4.69) is 15.3 Å². The van der Waals surface area contributed by atoms with Crippen molar-refractivity contribution >= 4 is 5.82 Å². The Kier molecular flexibility index (Phi) is 4.30. The van der Waals surface area contributed by atoms with Gasteiger partial charge in [0.2, 0.25) is 0 Å². The molecule has 1 saturated heterocycles. The van der Waals surface area contributed by atoms with Crippen molar-refractivity contribution in [3.05, 3.63) is 23.9 Å². The van der Waals surface area contributed by atoms with Gasteiger partial charge in [-0.05, 0) is 31.4 Å². The van der Waals surface area contributed by atoms with Gasteiger partial charge >= 0.3 is 0 Å². The number of hydrogen-bond acceptors (Lipinski definition) is 5. The summed E-state index contributed by atoms with van der Waals surface area (Å²) in [4.78, 5) is 6.58. The Morgan fingerprint density at radius 3 is 3.24 bits per heavy atom. The standard InChI is InChI=1S/C12H20N4O/c13-15-12-11(2-1-5-14-12)9-16-6-3-10(8-16)4-7-17/h1-2,5,10,17H,3-4,6-9,13H2,(H,14,15). The zero-order chi connectivity index (χ0) is 12.1. The fraction of sp³-hybridized carbons (Fsp3) is 0.583. The molecule has 1 aromatic rings. The van der Waals surface area contributed by atoms with Crippen molar-refractivity contribution in [3.63, 3.8) is 0 Å². The van der Waals surface area contributed by atoms with Gasteiger partial charge in [-0.1, -0.05) is 6.07 Å². The van der Waals surface area contributed by atoms with Crippen LogP contribution in [0.4, 0.5) is 5.82 Å². The highest BCUT2D eigenvalue weighted by atomic mass is 16.3. The number of pyridine rings is 1. The molecule has 2 rings (SSSR count). The number of nitrogens with zero attached hydrogens (tertiary/aromatic N) is 2. The topological polar surface area (TPSA) is 74.4 Å². The number of nitrogen functional groups attached to an aromatic ring is 1. The van der Waals surface area contributed by atoms with E-state index >= 15 is 0 Å². The Balaban J connectivity index is 1.93. The van der Waals surface area contributed by atoms with Crippen LogP contribution < -0.4 is 11.3 Å². The molecular formula is C12H20N4O. The van der Waals surface area contributed by atoms with Gasteiger partial charge in [0.25, 0.3) is 0 Å². The lowest BCUT2D eigenvalue weighted by Crippen LogP contribution is -2.22. The maximum absolute atomic E-state index is 8.93. The third-order valence-corrected chi connectivity index (χ3v) is 3.33. The molecule has 0 spiro atoms. The first kappa shape index (κ1) is 12.3. The first-order valence-electron chi connectivity index (χ1n) is 6.07. The monoisotopic (exact) mass is 236 g/mol. The number of hydrazine groups is 1. The van der Waals surface area contributed by atoms with Gasteiger partial charge in [0.05, 0.1) is 0 Å². The molecule has 17 heavy (non-hydrogen) atoms. The SMILES string of the molecule is NNc1ncccc1CN1CCC(CCO)C1. The largest absolute Gasteiger partial charge is 0.396 e. The van der Waals surface area contributed by atoms with Crippen LogP contribution in [0.2, 0.25) is 0 Å². The van der Waals surface area contributed by atoms with Crippen LogP contribution in [-0.2, 0) is 6.54 Å². The highest BCUT2D eigenvalue weighted by Crippen LogP contribution is 2.22. The van der Waals surface area contributed by atoms with Crippen LogP contribution in [0, 0.1) is 5.92 Å². The fourth-order valence-electron chi connectivity index (χ4n) is 2.41. The van der Waals surface area contributed by atoms with E-state index in [0.717, 1.165) is 37.4 Å². The van der Waals surface area contributed by atoms with Crippen LogP contribution in [0.3, 0.4) is 0 Å². The summed E-state index contributed by atoms with van der Waals surface area (Å²) < 4.78 is 0. The Morgan fingerprint density at radius 1 is 1.59 bits per heavy atom. The quantitative estimate of drug-likeness (QED) is 0.515. The minimum atomic E-state index is 0.293. The van der Waals surface area contributed by atoms with Gasteiger partial charge in [-0.25, -0.2) is 10.8 Å². The third kappa shape index (κ3) is 3.15. The average molecular weight is 236 g/mol. The van der Waals surface area contributed by atoms with Crippen LogP contribution in [0.1, 0.15) is 18.4 Å². The van der Waals surface area contributed by atoms with Crippen molar-refractivity contribution in [1.29, 1.82) is 0 Å².